The van der Waals surface area contributed by atoms with Crippen LogP contribution in [0.5, 0.6) is 5.75 Å². The monoisotopic (exact) mass is 333 g/mol. The van der Waals surface area contributed by atoms with Crippen LogP contribution in [0.4, 0.5) is 5.69 Å². The molecule has 1 aromatic carbocycles. The first kappa shape index (κ1) is 16.1. The molecule has 1 N–H and O–H groups in total. The van der Waals surface area contributed by atoms with Crippen LogP contribution in [0.3, 0.4) is 0 Å². The van der Waals surface area contributed by atoms with Crippen LogP contribution in [0.2, 0.25) is 0 Å². The molecule has 1 aliphatic heterocycles. The normalized spacial score (nSPS) is 21.1. The summed E-state index contributed by atoms with van der Waals surface area (Å²) in [4.78, 5) is 0. The van der Waals surface area contributed by atoms with Crippen molar-refractivity contribution in [2.75, 3.05) is 22.8 Å². The van der Waals surface area contributed by atoms with Gasteiger partial charge in [-0.25, -0.2) is 16.8 Å². The van der Waals surface area contributed by atoms with E-state index in [0.29, 0.717) is 18.0 Å². The number of sulfonamides is 1. The summed E-state index contributed by atoms with van der Waals surface area (Å²) in [5.41, 5.74) is 0.343. The predicted molar refractivity (Wildman–Crippen MR) is 81.8 cm³/mol. The summed E-state index contributed by atoms with van der Waals surface area (Å²) in [7, 11) is -6.99. The van der Waals surface area contributed by atoms with E-state index in [0.717, 1.165) is 6.42 Å². The molecule has 118 valence electrons. The van der Waals surface area contributed by atoms with Crippen molar-refractivity contribution in [2.45, 2.75) is 25.0 Å². The maximum atomic E-state index is 12.3. The Balaban J connectivity index is 2.17. The van der Waals surface area contributed by atoms with Crippen molar-refractivity contribution in [1.82, 2.24) is 0 Å². The lowest BCUT2D eigenvalue weighted by Crippen LogP contribution is -2.29. The van der Waals surface area contributed by atoms with Crippen LogP contribution in [0.25, 0.3) is 0 Å². The van der Waals surface area contributed by atoms with Gasteiger partial charge in [-0.1, -0.05) is 19.1 Å². The Hall–Kier alpha value is -1.28. The van der Waals surface area contributed by atoms with Crippen LogP contribution in [0.15, 0.2) is 24.3 Å². The maximum Gasteiger partial charge on any atom is 0.236 e. The van der Waals surface area contributed by atoms with Crippen LogP contribution in [-0.2, 0) is 19.9 Å². The number of rotatable bonds is 6. The second kappa shape index (κ2) is 6.23. The molecular formula is C13H19NO5S2. The first-order valence-electron chi connectivity index (χ1n) is 6.78. The van der Waals surface area contributed by atoms with Crippen LogP contribution in [0, 0.1) is 0 Å². The Morgan fingerprint density at radius 3 is 2.67 bits per heavy atom. The van der Waals surface area contributed by atoms with Gasteiger partial charge in [0.25, 0.3) is 0 Å². The zero-order valence-electron chi connectivity index (χ0n) is 11.8. The molecule has 0 amide bonds. The summed E-state index contributed by atoms with van der Waals surface area (Å²) >= 11 is 0. The van der Waals surface area contributed by atoms with Crippen molar-refractivity contribution < 1.29 is 21.6 Å². The van der Waals surface area contributed by atoms with Gasteiger partial charge in [-0.3, -0.25) is 4.72 Å². The molecule has 1 atom stereocenters. The van der Waals surface area contributed by atoms with Gasteiger partial charge in [-0.2, -0.15) is 0 Å². The fourth-order valence-corrected chi connectivity index (χ4v) is 6.23. The first-order valence-corrected chi connectivity index (χ1v) is 10.1. The predicted octanol–water partition coefficient (Wildman–Crippen LogP) is 1.40. The number of para-hydroxylation sites is 2. The second-order valence-corrected chi connectivity index (χ2v) is 9.21. The number of sulfone groups is 1. The van der Waals surface area contributed by atoms with E-state index in [1.54, 1.807) is 24.3 Å². The Labute approximate surface area is 125 Å². The minimum Gasteiger partial charge on any atom is -0.491 e. The summed E-state index contributed by atoms with van der Waals surface area (Å²) in [5, 5.41) is -0.901. The maximum absolute atomic E-state index is 12.3. The molecule has 1 heterocycles. The summed E-state index contributed by atoms with van der Waals surface area (Å²) in [5.74, 6) is 0.0520. The van der Waals surface area contributed by atoms with Gasteiger partial charge in [-0.05, 0) is 25.0 Å². The van der Waals surface area contributed by atoms with Gasteiger partial charge in [-0.15, -0.1) is 0 Å². The van der Waals surface area contributed by atoms with Crippen molar-refractivity contribution in [3.8, 4) is 5.75 Å². The van der Waals surface area contributed by atoms with Crippen molar-refractivity contribution >= 4 is 25.5 Å². The molecule has 2 rings (SSSR count). The lowest BCUT2D eigenvalue weighted by Gasteiger charge is -2.15. The Bertz CT molecular complexity index is 697. The van der Waals surface area contributed by atoms with Gasteiger partial charge in [0, 0.05) is 0 Å². The third kappa shape index (κ3) is 4.10. The molecule has 0 saturated carbocycles. The van der Waals surface area contributed by atoms with Crippen LogP contribution >= 0.6 is 0 Å². The fraction of sp³-hybridized carbons (Fsp3) is 0.538. The smallest absolute Gasteiger partial charge is 0.236 e. The molecule has 1 saturated heterocycles. The zero-order valence-corrected chi connectivity index (χ0v) is 13.4. The minimum absolute atomic E-state index is 0.0768. The molecule has 1 aliphatic rings. The summed E-state index contributed by atoms with van der Waals surface area (Å²) in [6.07, 6.45) is 0.942. The molecule has 0 radical (unpaired) electrons. The van der Waals surface area contributed by atoms with Crippen molar-refractivity contribution in [2.24, 2.45) is 0 Å². The van der Waals surface area contributed by atoms with E-state index in [-0.39, 0.29) is 17.9 Å². The molecule has 8 heteroatoms. The Morgan fingerprint density at radius 1 is 1.33 bits per heavy atom. The number of benzene rings is 1. The van der Waals surface area contributed by atoms with Crippen LogP contribution in [-0.4, -0.2) is 40.2 Å². The molecule has 0 aromatic heterocycles. The number of nitrogens with one attached hydrogen (secondary N) is 1. The Kier molecular flexibility index (Phi) is 4.77. The minimum atomic E-state index is -3.74. The molecule has 1 fully saturated rings. The van der Waals surface area contributed by atoms with Gasteiger partial charge in [0.2, 0.25) is 10.0 Å². The lowest BCUT2D eigenvalue weighted by molar-refractivity contribution is 0.319. The molecule has 0 bridgehead atoms. The molecule has 1 unspecified atom stereocenters. The third-order valence-corrected chi connectivity index (χ3v) is 6.99. The van der Waals surface area contributed by atoms with Gasteiger partial charge in [0.15, 0.2) is 9.84 Å². The van der Waals surface area contributed by atoms with Gasteiger partial charge >= 0.3 is 0 Å². The van der Waals surface area contributed by atoms with Gasteiger partial charge < -0.3 is 4.74 Å². The van der Waals surface area contributed by atoms with E-state index < -0.39 is 25.1 Å². The first-order chi connectivity index (χ1) is 9.84. The zero-order chi connectivity index (χ0) is 15.5. The van der Waals surface area contributed by atoms with Crippen LogP contribution in [0.1, 0.15) is 19.8 Å². The number of hydrogen-bond donors (Lipinski definition) is 1. The van der Waals surface area contributed by atoms with E-state index in [1.807, 2.05) is 6.92 Å². The quantitative estimate of drug-likeness (QED) is 0.850. The average Bonchev–Trinajstić information content (AvgIpc) is 2.79. The van der Waals surface area contributed by atoms with E-state index in [4.69, 9.17) is 4.74 Å². The summed E-state index contributed by atoms with van der Waals surface area (Å²) < 4.78 is 55.4. The Morgan fingerprint density at radius 2 is 2.05 bits per heavy atom. The number of ether oxygens (including phenoxy) is 1. The SMILES string of the molecule is CCCOc1ccccc1NS(=O)(=O)C1CCS(=O)(=O)C1. The third-order valence-electron chi connectivity index (χ3n) is 3.23. The van der Waals surface area contributed by atoms with E-state index in [2.05, 4.69) is 4.72 Å². The highest BCUT2D eigenvalue weighted by molar-refractivity contribution is 7.97. The van der Waals surface area contributed by atoms with E-state index in [1.165, 1.54) is 0 Å². The van der Waals surface area contributed by atoms with Crippen molar-refractivity contribution in [3.63, 3.8) is 0 Å². The van der Waals surface area contributed by atoms with Gasteiger partial charge in [0.05, 0.1) is 29.0 Å². The van der Waals surface area contributed by atoms with E-state index in [9.17, 15) is 16.8 Å². The highest BCUT2D eigenvalue weighted by Gasteiger charge is 2.37. The van der Waals surface area contributed by atoms with E-state index >= 15 is 0 Å². The highest BCUT2D eigenvalue weighted by atomic mass is 32.2. The molecule has 21 heavy (non-hydrogen) atoms. The largest absolute Gasteiger partial charge is 0.491 e. The molecule has 0 aliphatic carbocycles. The standard InChI is InChI=1S/C13H19NO5S2/c1-2-8-19-13-6-4-3-5-12(13)14-21(17,18)11-7-9-20(15,16)10-11/h3-6,11,14H,2,7-10H2,1H3. The molecule has 0 spiro atoms. The molecule has 6 nitrogen and oxygen atoms in total. The summed E-state index contributed by atoms with van der Waals surface area (Å²) in [6, 6.07) is 6.73. The molecule has 1 aromatic rings. The van der Waals surface area contributed by atoms with Crippen molar-refractivity contribution in [3.05, 3.63) is 24.3 Å². The highest BCUT2D eigenvalue weighted by Crippen LogP contribution is 2.28. The molecular weight excluding hydrogens is 314 g/mol. The van der Waals surface area contributed by atoms with Crippen LogP contribution < -0.4 is 9.46 Å². The fourth-order valence-electron chi connectivity index (χ4n) is 2.13. The van der Waals surface area contributed by atoms with Gasteiger partial charge in [0.1, 0.15) is 5.75 Å². The summed E-state index contributed by atoms with van der Waals surface area (Å²) in [6.45, 7) is 2.44. The number of hydrogen-bond acceptors (Lipinski definition) is 5. The van der Waals surface area contributed by atoms with Crippen molar-refractivity contribution in [1.29, 1.82) is 0 Å². The second-order valence-electron chi connectivity index (χ2n) is 5.02. The average molecular weight is 333 g/mol. The lowest BCUT2D eigenvalue weighted by atomic mass is 10.3. The topological polar surface area (TPSA) is 89.5 Å². The number of anilines is 1.